The molecule has 3 heterocycles. The number of hydrogen-bond acceptors (Lipinski definition) is 14. The van der Waals surface area contributed by atoms with E-state index in [2.05, 4.69) is 10.6 Å². The molecule has 3 fully saturated rings. The van der Waals surface area contributed by atoms with Crippen molar-refractivity contribution < 1.29 is 68.8 Å². The van der Waals surface area contributed by atoms with Crippen molar-refractivity contribution in [2.45, 2.75) is 127 Å². The Hall–Kier alpha value is -2.32. The Balaban J connectivity index is 1.53. The molecule has 17 nitrogen and oxygen atoms in total. The summed E-state index contributed by atoms with van der Waals surface area (Å²) in [6.45, 7) is 4.97. The number of carbonyl (C=O) groups is 4. The molecule has 0 unspecified atom stereocenters. The van der Waals surface area contributed by atoms with Gasteiger partial charge in [-0.2, -0.15) is 0 Å². The van der Waals surface area contributed by atoms with E-state index < -0.39 is 85.1 Å². The van der Waals surface area contributed by atoms with Gasteiger partial charge < -0.3 is 65.1 Å². The molecule has 0 spiro atoms. The van der Waals surface area contributed by atoms with Crippen LogP contribution in [0.15, 0.2) is 0 Å². The predicted molar refractivity (Wildman–Crippen MR) is 169 cm³/mol. The molecule has 0 aromatic heterocycles. The van der Waals surface area contributed by atoms with Crippen molar-refractivity contribution in [2.75, 3.05) is 39.4 Å². The first-order chi connectivity index (χ1) is 23.2. The lowest BCUT2D eigenvalue weighted by atomic mass is 9.87. The lowest BCUT2D eigenvalue weighted by Crippen LogP contribution is -2.57. The number of likely N-dealkylation sites (tertiary alicyclic amines) is 1. The number of nitrogens with one attached hydrogen (secondary N) is 2. The number of ketones is 1. The molecule has 12 atom stereocenters. The summed E-state index contributed by atoms with van der Waals surface area (Å²) >= 11 is 0. The number of unbranched alkanes of at least 4 members (excludes halogenated alkanes) is 1. The fourth-order valence-electron chi connectivity index (χ4n) is 6.13. The normalized spacial score (nSPS) is 35.1. The van der Waals surface area contributed by atoms with Crippen LogP contribution < -0.4 is 10.6 Å². The molecule has 49 heavy (non-hydrogen) atoms. The second kappa shape index (κ2) is 19.9. The minimum atomic E-state index is -1.49. The molecule has 3 aliphatic heterocycles. The average Bonchev–Trinajstić information content (AvgIpc) is 3.08. The van der Waals surface area contributed by atoms with E-state index in [1.54, 1.807) is 0 Å². The third-order valence-electron chi connectivity index (χ3n) is 9.15. The van der Waals surface area contributed by atoms with Gasteiger partial charge in [-0.15, -0.1) is 0 Å². The third-order valence-corrected chi connectivity index (χ3v) is 9.15. The molecule has 8 N–H and O–H groups in total. The lowest BCUT2D eigenvalue weighted by molar-refractivity contribution is -0.292. The zero-order valence-corrected chi connectivity index (χ0v) is 28.5. The van der Waals surface area contributed by atoms with Gasteiger partial charge in [-0.1, -0.05) is 6.92 Å². The van der Waals surface area contributed by atoms with E-state index in [0.717, 1.165) is 6.42 Å². The van der Waals surface area contributed by atoms with Crippen LogP contribution in [0.2, 0.25) is 0 Å². The molecule has 0 bridgehead atoms. The van der Waals surface area contributed by atoms with Crippen LogP contribution in [0.4, 0.5) is 0 Å². The first-order valence-corrected chi connectivity index (χ1v) is 17.2. The van der Waals surface area contributed by atoms with Gasteiger partial charge in [-0.3, -0.25) is 19.2 Å². The number of Topliss-reactive ketones (excluding diaryl/α,β-unsaturated/α-hetero) is 1. The van der Waals surface area contributed by atoms with Crippen molar-refractivity contribution in [3.63, 3.8) is 0 Å². The van der Waals surface area contributed by atoms with Gasteiger partial charge in [0, 0.05) is 45.4 Å². The molecule has 3 aliphatic rings. The minimum absolute atomic E-state index is 0.00229. The summed E-state index contributed by atoms with van der Waals surface area (Å²) in [6, 6.07) is 0. The maximum Gasteiger partial charge on any atom is 0.225 e. The molecular formula is C32H55N3O14. The highest BCUT2D eigenvalue weighted by atomic mass is 16.7. The van der Waals surface area contributed by atoms with Crippen LogP contribution in [0.1, 0.15) is 65.7 Å². The molecule has 3 rings (SSSR count). The Bertz CT molecular complexity index is 1020. The summed E-state index contributed by atoms with van der Waals surface area (Å²) in [5.41, 5.74) is 0. The SMILES string of the molecule is CCCC(=O)CCCCC(=O)N1C[C@H](C(=O)NCCO[C@@H]2O[C@@H](C)[C@@H](O)[C@@H](O)[C@@H]2O)C[C@H](C(=O)NCCO[C@@H]2O[C@@H](C)[C@@H](O)[C@@H](O)[C@@H]2O)C1. The second-order valence-electron chi connectivity index (χ2n) is 13.1. The molecule has 0 radical (unpaired) electrons. The highest BCUT2D eigenvalue weighted by Crippen LogP contribution is 2.25. The Morgan fingerprint density at radius 2 is 1.12 bits per heavy atom. The van der Waals surface area contributed by atoms with Gasteiger partial charge in [0.2, 0.25) is 17.7 Å². The van der Waals surface area contributed by atoms with Crippen LogP contribution in [0.25, 0.3) is 0 Å². The first-order valence-electron chi connectivity index (χ1n) is 17.2. The van der Waals surface area contributed by atoms with Crippen molar-refractivity contribution in [1.82, 2.24) is 15.5 Å². The topological polar surface area (TPSA) is 254 Å². The monoisotopic (exact) mass is 705 g/mol. The third kappa shape index (κ3) is 11.9. The average molecular weight is 706 g/mol. The summed E-state index contributed by atoms with van der Waals surface area (Å²) in [4.78, 5) is 52.9. The number of aliphatic hydroxyl groups is 6. The van der Waals surface area contributed by atoms with E-state index in [4.69, 9.17) is 18.9 Å². The minimum Gasteiger partial charge on any atom is -0.388 e. The molecule has 0 aromatic carbocycles. The highest BCUT2D eigenvalue weighted by Gasteiger charge is 2.43. The Morgan fingerprint density at radius 3 is 1.57 bits per heavy atom. The van der Waals surface area contributed by atoms with Gasteiger partial charge in [0.25, 0.3) is 0 Å². The van der Waals surface area contributed by atoms with Crippen molar-refractivity contribution in [3.8, 4) is 0 Å². The number of ether oxygens (including phenoxy) is 4. The second-order valence-corrected chi connectivity index (χ2v) is 13.1. The van der Waals surface area contributed by atoms with Crippen LogP contribution in [0.5, 0.6) is 0 Å². The number of piperidine rings is 1. The quantitative estimate of drug-likeness (QED) is 0.0718. The van der Waals surface area contributed by atoms with Crippen molar-refractivity contribution in [3.05, 3.63) is 0 Å². The van der Waals surface area contributed by atoms with E-state index >= 15 is 0 Å². The smallest absolute Gasteiger partial charge is 0.225 e. The zero-order chi connectivity index (χ0) is 36.2. The maximum atomic E-state index is 13.2. The van der Waals surface area contributed by atoms with Crippen LogP contribution in [0, 0.1) is 11.8 Å². The Labute approximate surface area is 286 Å². The summed E-state index contributed by atoms with van der Waals surface area (Å²) in [7, 11) is 0. The number of nitrogens with zero attached hydrogens (tertiary/aromatic N) is 1. The Morgan fingerprint density at radius 1 is 0.673 bits per heavy atom. The van der Waals surface area contributed by atoms with E-state index in [1.807, 2.05) is 6.92 Å². The lowest BCUT2D eigenvalue weighted by Gasteiger charge is -2.39. The first kappa shape index (κ1) is 41.1. The van der Waals surface area contributed by atoms with Gasteiger partial charge in [0.1, 0.15) is 42.4 Å². The van der Waals surface area contributed by atoms with Gasteiger partial charge in [-0.05, 0) is 39.5 Å². The molecule has 3 amide bonds. The molecule has 3 saturated heterocycles. The molecule has 282 valence electrons. The molecule has 0 aromatic rings. The molecule has 0 saturated carbocycles. The van der Waals surface area contributed by atoms with Crippen molar-refractivity contribution >= 4 is 23.5 Å². The van der Waals surface area contributed by atoms with Gasteiger partial charge >= 0.3 is 0 Å². The van der Waals surface area contributed by atoms with Gasteiger partial charge in [-0.25, -0.2) is 0 Å². The van der Waals surface area contributed by atoms with E-state index in [-0.39, 0.29) is 63.9 Å². The zero-order valence-electron chi connectivity index (χ0n) is 28.5. The molecule has 17 heteroatoms. The summed E-state index contributed by atoms with van der Waals surface area (Å²) in [6.07, 6.45) is -9.42. The number of hydrogen-bond donors (Lipinski definition) is 8. The van der Waals surface area contributed by atoms with Gasteiger partial charge in [0.15, 0.2) is 12.6 Å². The van der Waals surface area contributed by atoms with Gasteiger partial charge in [0.05, 0.1) is 37.3 Å². The fraction of sp³-hybridized carbons (Fsp3) is 0.875. The van der Waals surface area contributed by atoms with E-state index in [0.29, 0.717) is 25.7 Å². The molecular weight excluding hydrogens is 650 g/mol. The maximum absolute atomic E-state index is 13.2. The fourth-order valence-corrected chi connectivity index (χ4v) is 6.13. The standard InChI is InChI=1S/C32H55N3O14/c1-4-7-21(36)8-5-6-9-22(37)35-15-19(29(44)33-10-12-46-31-27(42)25(40)23(38)17(2)48-31)14-20(16-35)30(45)34-11-13-47-32-28(43)26(41)24(39)18(3)49-32/h17-20,23-28,31-32,38-43H,4-16H2,1-3H3,(H,33,44)(H,34,45)/t17-,18-,19-,20+,23+,24+,25+,26+,27-,28-,31+,32+/m0/s1. The Kier molecular flexibility index (Phi) is 16.7. The van der Waals surface area contributed by atoms with Crippen LogP contribution in [0.3, 0.4) is 0 Å². The van der Waals surface area contributed by atoms with Crippen molar-refractivity contribution in [2.24, 2.45) is 11.8 Å². The summed E-state index contributed by atoms with van der Waals surface area (Å²) in [5, 5.41) is 65.3. The highest BCUT2D eigenvalue weighted by molar-refractivity contribution is 5.85. The number of rotatable bonds is 17. The van der Waals surface area contributed by atoms with Crippen LogP contribution in [-0.4, -0.2) is 160 Å². The largest absolute Gasteiger partial charge is 0.388 e. The van der Waals surface area contributed by atoms with Crippen LogP contribution >= 0.6 is 0 Å². The van der Waals surface area contributed by atoms with E-state index in [1.165, 1.54) is 18.7 Å². The summed E-state index contributed by atoms with van der Waals surface area (Å²) in [5.74, 6) is -2.38. The van der Waals surface area contributed by atoms with E-state index in [9.17, 15) is 49.8 Å². The van der Waals surface area contributed by atoms with Crippen LogP contribution in [-0.2, 0) is 38.1 Å². The van der Waals surface area contributed by atoms with Crippen molar-refractivity contribution in [1.29, 1.82) is 0 Å². The predicted octanol–water partition coefficient (Wildman–Crippen LogP) is -2.70. The summed E-state index contributed by atoms with van der Waals surface area (Å²) < 4.78 is 21.7. The number of amides is 3. The molecule has 0 aliphatic carbocycles. The number of aliphatic hydroxyl groups excluding tert-OH is 6. The number of carbonyl (C=O) groups excluding carboxylic acids is 4.